The van der Waals surface area contributed by atoms with Crippen LogP contribution in [0.5, 0.6) is 17.2 Å². The van der Waals surface area contributed by atoms with Crippen LogP contribution in [0.4, 0.5) is 0 Å². The van der Waals surface area contributed by atoms with Gasteiger partial charge in [0.25, 0.3) is 5.56 Å². The summed E-state index contributed by atoms with van der Waals surface area (Å²) in [6, 6.07) is 15.6. The Morgan fingerprint density at radius 1 is 1.15 bits per heavy atom. The second kappa shape index (κ2) is 10.5. The lowest BCUT2D eigenvalue weighted by Crippen LogP contribution is -2.58. The smallest absolute Gasteiger partial charge is 0.270 e. The van der Waals surface area contributed by atoms with E-state index in [1.807, 2.05) is 36.4 Å². The Kier molecular flexibility index (Phi) is 7.14. The number of thiazole rings is 1. The zero-order valence-corrected chi connectivity index (χ0v) is 25.2. The van der Waals surface area contributed by atoms with Gasteiger partial charge in [0.2, 0.25) is 5.72 Å². The van der Waals surface area contributed by atoms with E-state index in [4.69, 9.17) is 54.0 Å². The number of fused-ring (bicyclic) bond motifs is 6. The Hall–Kier alpha value is -3.30. The molecule has 3 heterocycles. The summed E-state index contributed by atoms with van der Waals surface area (Å²) in [6.07, 6.45) is 1.79. The number of nitrogens with zero attached hydrogens (tertiary/aromatic N) is 2. The summed E-state index contributed by atoms with van der Waals surface area (Å²) in [7, 11) is 1.57. The van der Waals surface area contributed by atoms with Crippen molar-refractivity contribution in [2.45, 2.75) is 32.2 Å². The second-order valence-corrected chi connectivity index (χ2v) is 12.2. The minimum absolute atomic E-state index is 0.0919. The Labute approximate surface area is 254 Å². The van der Waals surface area contributed by atoms with E-state index in [1.165, 1.54) is 18.3 Å². The summed E-state index contributed by atoms with van der Waals surface area (Å²) in [4.78, 5) is 32.0. The van der Waals surface area contributed by atoms with Crippen molar-refractivity contribution in [2.75, 3.05) is 7.11 Å². The number of aromatic nitrogens is 1. The van der Waals surface area contributed by atoms with Crippen molar-refractivity contribution in [3.8, 4) is 17.2 Å². The second-order valence-electron chi connectivity index (χ2n) is 9.97. The van der Waals surface area contributed by atoms with E-state index in [0.717, 1.165) is 16.7 Å². The average Bonchev–Trinajstić information content (AvgIpc) is 3.20. The summed E-state index contributed by atoms with van der Waals surface area (Å²) in [5, 5.41) is 0.984. The molecule has 0 saturated heterocycles. The van der Waals surface area contributed by atoms with Crippen LogP contribution in [0.15, 0.2) is 64.4 Å². The molecule has 1 aromatic heterocycles. The third-order valence-corrected chi connectivity index (χ3v) is 9.02. The topological polar surface area (TPSA) is 79.1 Å². The van der Waals surface area contributed by atoms with Crippen LogP contribution >= 0.6 is 46.1 Å². The summed E-state index contributed by atoms with van der Waals surface area (Å²) < 4.78 is 19.8. The number of hydrogen-bond donors (Lipinski definition) is 0. The van der Waals surface area contributed by atoms with Crippen LogP contribution in [0, 0.1) is 5.92 Å². The highest BCUT2D eigenvalue weighted by Crippen LogP contribution is 2.47. The van der Waals surface area contributed by atoms with Gasteiger partial charge in [-0.3, -0.25) is 14.2 Å². The molecule has 0 unspecified atom stereocenters. The predicted octanol–water partition coefficient (Wildman–Crippen LogP) is 5.82. The Bertz CT molecular complexity index is 1880. The molecule has 7 nitrogen and oxygen atoms in total. The molecular formula is C30H23Cl3N2O5S. The minimum Gasteiger partial charge on any atom is -0.496 e. The lowest BCUT2D eigenvalue weighted by molar-refractivity contribution is -0.132. The zero-order valence-electron chi connectivity index (χ0n) is 22.1. The van der Waals surface area contributed by atoms with Gasteiger partial charge >= 0.3 is 0 Å². The quantitative estimate of drug-likeness (QED) is 0.269. The van der Waals surface area contributed by atoms with E-state index in [1.54, 1.807) is 42.9 Å². The molecule has 2 aliphatic heterocycles. The van der Waals surface area contributed by atoms with Crippen molar-refractivity contribution in [1.82, 2.24) is 4.57 Å². The summed E-state index contributed by atoms with van der Waals surface area (Å²) in [6.45, 7) is 3.42. The summed E-state index contributed by atoms with van der Waals surface area (Å²) in [5.74, 6) is 0.797. The van der Waals surface area contributed by atoms with Crippen LogP contribution < -0.4 is 29.1 Å². The molecule has 11 heteroatoms. The molecule has 0 spiro atoms. The Morgan fingerprint density at radius 3 is 2.59 bits per heavy atom. The van der Waals surface area contributed by atoms with Crippen molar-refractivity contribution in [3.05, 3.63) is 106 Å². The molecule has 0 saturated carbocycles. The number of hydrogen-bond acceptors (Lipinski definition) is 7. The van der Waals surface area contributed by atoms with Gasteiger partial charge in [-0.05, 0) is 55.8 Å². The molecule has 2 bridgehead atoms. The van der Waals surface area contributed by atoms with Gasteiger partial charge in [-0.1, -0.05) is 70.4 Å². The van der Waals surface area contributed by atoms with Crippen LogP contribution in [-0.4, -0.2) is 23.2 Å². The molecule has 0 aliphatic carbocycles. The van der Waals surface area contributed by atoms with Gasteiger partial charge in [0.1, 0.15) is 29.8 Å². The lowest BCUT2D eigenvalue weighted by Gasteiger charge is -2.45. The fraction of sp³-hybridized carbons (Fsp3) is 0.233. The largest absolute Gasteiger partial charge is 0.496 e. The number of ketones is 1. The van der Waals surface area contributed by atoms with Crippen LogP contribution in [0.25, 0.3) is 6.08 Å². The number of benzene rings is 3. The predicted molar refractivity (Wildman–Crippen MR) is 160 cm³/mol. The highest BCUT2D eigenvalue weighted by Gasteiger charge is 2.53. The number of carbonyl (C=O) groups excluding carboxylic acids is 1. The highest BCUT2D eigenvalue weighted by atomic mass is 35.5. The van der Waals surface area contributed by atoms with Crippen molar-refractivity contribution < 1.29 is 19.0 Å². The minimum atomic E-state index is -1.12. The van der Waals surface area contributed by atoms with Gasteiger partial charge in [0.05, 0.1) is 27.7 Å². The van der Waals surface area contributed by atoms with E-state index in [-0.39, 0.29) is 17.9 Å². The number of rotatable bonds is 6. The van der Waals surface area contributed by atoms with E-state index in [0.29, 0.717) is 41.7 Å². The highest BCUT2D eigenvalue weighted by molar-refractivity contribution is 7.07. The lowest BCUT2D eigenvalue weighted by atomic mass is 9.79. The first-order chi connectivity index (χ1) is 19.6. The zero-order chi connectivity index (χ0) is 29.1. The molecule has 4 aromatic rings. The fourth-order valence-corrected chi connectivity index (χ4v) is 7.55. The Morgan fingerprint density at radius 2 is 1.88 bits per heavy atom. The summed E-state index contributed by atoms with van der Waals surface area (Å²) in [5.41, 5.74) is 0.918. The number of Topliss-reactive ketones (excluding diaryl/α,β-unsaturated/α-hetero) is 1. The monoisotopic (exact) mass is 628 g/mol. The van der Waals surface area contributed by atoms with Crippen molar-refractivity contribution in [1.29, 1.82) is 0 Å². The van der Waals surface area contributed by atoms with Gasteiger partial charge in [-0.25, -0.2) is 4.99 Å². The maximum atomic E-state index is 13.9. The standard InChI is InChI=1S/C30H23Cl3N2O5S/c1-15(36)25-26-19-6-4-5-7-23(19)40-30(25,2)34-29-35(26)28(37)24(41-29)11-16-8-9-22(38-3)17(10-16)14-39-27-20(32)12-18(31)13-21(27)33/h4-13,25-26H,14H2,1-3H3/b24-11+/t25-,26-,30-/m0/s1. The van der Waals surface area contributed by atoms with Crippen molar-refractivity contribution >= 4 is 58.0 Å². The summed E-state index contributed by atoms with van der Waals surface area (Å²) >= 11 is 19.8. The normalized spacial score (nSPS) is 20.9. The number of para-hydroxylation sites is 1. The molecule has 3 aromatic carbocycles. The molecule has 0 amide bonds. The first kappa shape index (κ1) is 27.8. The van der Waals surface area contributed by atoms with E-state index in [2.05, 4.69) is 0 Å². The molecule has 0 N–H and O–H groups in total. The number of halogens is 3. The van der Waals surface area contributed by atoms with Gasteiger partial charge < -0.3 is 14.2 Å². The maximum Gasteiger partial charge on any atom is 0.270 e. The van der Waals surface area contributed by atoms with E-state index in [9.17, 15) is 9.59 Å². The average molecular weight is 630 g/mol. The number of carbonyl (C=O) groups is 1. The van der Waals surface area contributed by atoms with E-state index >= 15 is 0 Å². The Balaban J connectivity index is 1.42. The first-order valence-electron chi connectivity index (χ1n) is 12.6. The molecule has 6 rings (SSSR count). The molecule has 41 heavy (non-hydrogen) atoms. The van der Waals surface area contributed by atoms with Crippen LogP contribution in [0.1, 0.15) is 36.6 Å². The van der Waals surface area contributed by atoms with Crippen molar-refractivity contribution in [2.24, 2.45) is 10.9 Å². The molecule has 2 aliphatic rings. The third kappa shape index (κ3) is 4.83. The van der Waals surface area contributed by atoms with E-state index < -0.39 is 17.7 Å². The molecule has 0 radical (unpaired) electrons. The SMILES string of the molecule is COc1ccc(/C=c2/sc3n(c2=O)[C@H]2c4ccccc4O[C@](C)(N=3)[C@H]2C(C)=O)cc1COc1c(Cl)cc(Cl)cc1Cl. The van der Waals surface area contributed by atoms with Crippen LogP contribution in [-0.2, 0) is 11.4 Å². The van der Waals surface area contributed by atoms with Gasteiger partial charge in [0.15, 0.2) is 10.6 Å². The maximum absolute atomic E-state index is 13.9. The number of ether oxygens (including phenoxy) is 3. The number of methoxy groups -OCH3 is 1. The van der Waals surface area contributed by atoms with Crippen LogP contribution in [0.2, 0.25) is 15.1 Å². The van der Waals surface area contributed by atoms with Crippen LogP contribution in [0.3, 0.4) is 0 Å². The molecule has 210 valence electrons. The molecular weight excluding hydrogens is 607 g/mol. The third-order valence-electron chi connectivity index (χ3n) is 7.26. The fourth-order valence-electron chi connectivity index (χ4n) is 5.53. The van der Waals surface area contributed by atoms with Gasteiger partial charge in [-0.2, -0.15) is 0 Å². The first-order valence-corrected chi connectivity index (χ1v) is 14.6. The molecule has 3 atom stereocenters. The van der Waals surface area contributed by atoms with Gasteiger partial charge in [-0.15, -0.1) is 0 Å². The van der Waals surface area contributed by atoms with Crippen molar-refractivity contribution in [3.63, 3.8) is 0 Å². The molecule has 0 fully saturated rings. The van der Waals surface area contributed by atoms with Gasteiger partial charge in [0, 0.05) is 16.1 Å².